The topological polar surface area (TPSA) is 30.0 Å². The molecule has 2 aromatic heterocycles. The van der Waals surface area contributed by atoms with Gasteiger partial charge in [-0.2, -0.15) is 0 Å². The molecule has 84 valence electrons. The van der Waals surface area contributed by atoms with E-state index in [1.165, 1.54) is 15.6 Å². The molecule has 4 heteroatoms. The summed E-state index contributed by atoms with van der Waals surface area (Å²) in [5.41, 5.74) is 2.14. The van der Waals surface area contributed by atoms with E-state index < -0.39 is 0 Å². The zero-order valence-corrected chi connectivity index (χ0v) is 10.6. The standard InChI is InChI=1S/C13H9NOS2/c15-6-5-13-14-11(8-17-13)10-7-16-12-4-2-1-3-9(10)12/h1-4,6-8H,5H2. The minimum atomic E-state index is 0.409. The van der Waals surface area contributed by atoms with E-state index in [9.17, 15) is 4.79 Å². The van der Waals surface area contributed by atoms with Gasteiger partial charge in [-0.3, -0.25) is 0 Å². The molecule has 0 bridgehead atoms. The molecule has 0 atom stereocenters. The molecule has 2 nitrogen and oxygen atoms in total. The molecule has 0 amide bonds. The quantitative estimate of drug-likeness (QED) is 0.670. The summed E-state index contributed by atoms with van der Waals surface area (Å²) in [6.45, 7) is 0. The first-order chi connectivity index (χ1) is 8.38. The largest absolute Gasteiger partial charge is 0.303 e. The Morgan fingerprint density at radius 1 is 1.18 bits per heavy atom. The van der Waals surface area contributed by atoms with E-state index in [0.29, 0.717) is 6.42 Å². The second kappa shape index (κ2) is 4.39. The van der Waals surface area contributed by atoms with E-state index >= 15 is 0 Å². The average Bonchev–Trinajstić information content (AvgIpc) is 2.95. The third kappa shape index (κ3) is 1.90. The number of thiophene rings is 1. The van der Waals surface area contributed by atoms with Crippen LogP contribution in [0.4, 0.5) is 0 Å². The van der Waals surface area contributed by atoms with Crippen molar-refractivity contribution >= 4 is 39.0 Å². The lowest BCUT2D eigenvalue weighted by Gasteiger charge is -1.93. The summed E-state index contributed by atoms with van der Waals surface area (Å²) in [5, 5.41) is 6.27. The van der Waals surface area contributed by atoms with Crippen molar-refractivity contribution in [2.75, 3.05) is 0 Å². The summed E-state index contributed by atoms with van der Waals surface area (Å²) in [4.78, 5) is 14.9. The van der Waals surface area contributed by atoms with Crippen molar-refractivity contribution in [2.45, 2.75) is 6.42 Å². The van der Waals surface area contributed by atoms with Crippen LogP contribution in [0, 0.1) is 0 Å². The number of aldehydes is 1. The highest BCUT2D eigenvalue weighted by atomic mass is 32.1. The first kappa shape index (κ1) is 10.6. The van der Waals surface area contributed by atoms with Gasteiger partial charge in [0.2, 0.25) is 0 Å². The highest BCUT2D eigenvalue weighted by molar-refractivity contribution is 7.17. The van der Waals surface area contributed by atoms with Crippen molar-refractivity contribution in [3.63, 3.8) is 0 Å². The van der Waals surface area contributed by atoms with Crippen molar-refractivity contribution in [1.82, 2.24) is 4.98 Å². The fraction of sp³-hybridized carbons (Fsp3) is 0.0769. The Labute approximate surface area is 107 Å². The SMILES string of the molecule is O=CCc1nc(-c2csc3ccccc23)cs1. The van der Waals surface area contributed by atoms with Gasteiger partial charge in [0, 0.05) is 26.4 Å². The van der Waals surface area contributed by atoms with Gasteiger partial charge in [-0.25, -0.2) is 4.98 Å². The number of fused-ring (bicyclic) bond motifs is 1. The monoisotopic (exact) mass is 259 g/mol. The van der Waals surface area contributed by atoms with Crippen molar-refractivity contribution in [3.05, 3.63) is 40.0 Å². The van der Waals surface area contributed by atoms with Gasteiger partial charge < -0.3 is 4.79 Å². The van der Waals surface area contributed by atoms with Crippen LogP contribution in [0.5, 0.6) is 0 Å². The molecule has 3 rings (SSSR count). The molecule has 0 radical (unpaired) electrons. The fourth-order valence-electron chi connectivity index (χ4n) is 1.78. The van der Waals surface area contributed by atoms with Gasteiger partial charge in [0.25, 0.3) is 0 Å². The Kier molecular flexibility index (Phi) is 2.74. The van der Waals surface area contributed by atoms with Crippen molar-refractivity contribution in [3.8, 4) is 11.3 Å². The molecular formula is C13H9NOS2. The van der Waals surface area contributed by atoms with Gasteiger partial charge in [0.15, 0.2) is 0 Å². The predicted molar refractivity (Wildman–Crippen MR) is 72.7 cm³/mol. The van der Waals surface area contributed by atoms with Crippen LogP contribution in [0.15, 0.2) is 35.0 Å². The molecule has 1 aromatic carbocycles. The van der Waals surface area contributed by atoms with Crippen LogP contribution in [-0.4, -0.2) is 11.3 Å². The van der Waals surface area contributed by atoms with Gasteiger partial charge in [0.1, 0.15) is 11.3 Å². The summed E-state index contributed by atoms with van der Waals surface area (Å²) in [5.74, 6) is 0. The molecule has 0 aliphatic carbocycles. The molecule has 0 aliphatic rings. The average molecular weight is 259 g/mol. The number of hydrogen-bond acceptors (Lipinski definition) is 4. The minimum Gasteiger partial charge on any atom is -0.303 e. The van der Waals surface area contributed by atoms with Crippen LogP contribution < -0.4 is 0 Å². The fourth-order valence-corrected chi connectivity index (χ4v) is 3.47. The molecule has 0 saturated carbocycles. The number of rotatable bonds is 3. The number of carbonyl (C=O) groups is 1. The zero-order valence-electron chi connectivity index (χ0n) is 8.92. The zero-order chi connectivity index (χ0) is 11.7. The molecular weight excluding hydrogens is 250 g/mol. The normalized spacial score (nSPS) is 10.8. The molecule has 2 heterocycles. The van der Waals surface area contributed by atoms with E-state index in [4.69, 9.17) is 0 Å². The minimum absolute atomic E-state index is 0.409. The van der Waals surface area contributed by atoms with Crippen molar-refractivity contribution in [2.24, 2.45) is 0 Å². The molecule has 3 aromatic rings. The lowest BCUT2D eigenvalue weighted by Crippen LogP contribution is -1.83. The van der Waals surface area contributed by atoms with E-state index in [1.54, 1.807) is 22.7 Å². The summed E-state index contributed by atoms with van der Waals surface area (Å²) in [6, 6.07) is 8.31. The van der Waals surface area contributed by atoms with Crippen molar-refractivity contribution < 1.29 is 4.79 Å². The van der Waals surface area contributed by atoms with E-state index in [0.717, 1.165) is 17.0 Å². The van der Waals surface area contributed by atoms with Crippen LogP contribution in [0.2, 0.25) is 0 Å². The number of benzene rings is 1. The van der Waals surface area contributed by atoms with E-state index in [2.05, 4.69) is 22.5 Å². The number of aromatic nitrogens is 1. The second-order valence-electron chi connectivity index (χ2n) is 3.64. The maximum Gasteiger partial charge on any atom is 0.126 e. The van der Waals surface area contributed by atoms with Gasteiger partial charge in [-0.1, -0.05) is 18.2 Å². The molecule has 0 unspecified atom stereocenters. The van der Waals surface area contributed by atoms with E-state index in [1.807, 2.05) is 17.5 Å². The summed E-state index contributed by atoms with van der Waals surface area (Å²) in [7, 11) is 0. The Bertz CT molecular complexity index is 669. The predicted octanol–water partition coefficient (Wildman–Crippen LogP) is 3.77. The molecule has 0 spiro atoms. The van der Waals surface area contributed by atoms with Gasteiger partial charge in [-0.15, -0.1) is 22.7 Å². The maximum atomic E-state index is 10.5. The van der Waals surface area contributed by atoms with Crippen LogP contribution in [0.25, 0.3) is 21.3 Å². The first-order valence-electron chi connectivity index (χ1n) is 5.23. The highest BCUT2D eigenvalue weighted by Gasteiger charge is 2.09. The molecule has 17 heavy (non-hydrogen) atoms. The third-order valence-corrected chi connectivity index (χ3v) is 4.40. The third-order valence-electron chi connectivity index (χ3n) is 2.57. The Hall–Kier alpha value is -1.52. The number of hydrogen-bond donors (Lipinski definition) is 0. The Morgan fingerprint density at radius 2 is 2.06 bits per heavy atom. The van der Waals surface area contributed by atoms with Gasteiger partial charge in [0.05, 0.1) is 12.1 Å². The number of carbonyl (C=O) groups excluding carboxylic acids is 1. The van der Waals surface area contributed by atoms with Crippen LogP contribution in [0.3, 0.4) is 0 Å². The summed E-state index contributed by atoms with van der Waals surface area (Å²) in [6.07, 6.45) is 1.31. The summed E-state index contributed by atoms with van der Waals surface area (Å²) >= 11 is 3.27. The smallest absolute Gasteiger partial charge is 0.126 e. The van der Waals surface area contributed by atoms with Crippen molar-refractivity contribution in [1.29, 1.82) is 0 Å². The van der Waals surface area contributed by atoms with Crippen LogP contribution in [-0.2, 0) is 11.2 Å². The van der Waals surface area contributed by atoms with Crippen LogP contribution in [0.1, 0.15) is 5.01 Å². The number of thiazole rings is 1. The highest BCUT2D eigenvalue weighted by Crippen LogP contribution is 2.34. The second-order valence-corrected chi connectivity index (χ2v) is 5.50. The lowest BCUT2D eigenvalue weighted by atomic mass is 10.1. The van der Waals surface area contributed by atoms with Gasteiger partial charge in [-0.05, 0) is 6.07 Å². The molecule has 0 saturated heterocycles. The van der Waals surface area contributed by atoms with Crippen LogP contribution >= 0.6 is 22.7 Å². The Balaban J connectivity index is 2.10. The Morgan fingerprint density at radius 3 is 2.94 bits per heavy atom. The number of nitrogens with zero attached hydrogens (tertiary/aromatic N) is 1. The lowest BCUT2D eigenvalue weighted by molar-refractivity contribution is -0.107. The first-order valence-corrected chi connectivity index (χ1v) is 6.99. The maximum absolute atomic E-state index is 10.5. The summed E-state index contributed by atoms with van der Waals surface area (Å²) < 4.78 is 1.27. The molecule has 0 fully saturated rings. The molecule has 0 aliphatic heterocycles. The van der Waals surface area contributed by atoms with Gasteiger partial charge >= 0.3 is 0 Å². The van der Waals surface area contributed by atoms with E-state index in [-0.39, 0.29) is 0 Å². The molecule has 0 N–H and O–H groups in total.